The van der Waals surface area contributed by atoms with Crippen molar-refractivity contribution in [2.75, 3.05) is 7.11 Å². The SMILES string of the molecule is C=Cc1nc(C(=O)NCc2cc3cc(Br)ccc3nc2OC)cc(=O)n1C=C. The van der Waals surface area contributed by atoms with Gasteiger partial charge < -0.3 is 10.1 Å². The van der Waals surface area contributed by atoms with Gasteiger partial charge in [-0.25, -0.2) is 9.97 Å². The van der Waals surface area contributed by atoms with Crippen molar-refractivity contribution in [3.8, 4) is 5.88 Å². The molecule has 0 spiro atoms. The van der Waals surface area contributed by atoms with E-state index in [2.05, 4.69) is 44.4 Å². The number of ether oxygens (including phenoxy) is 1. The molecule has 142 valence electrons. The van der Waals surface area contributed by atoms with Crippen LogP contribution in [0.15, 0.2) is 52.8 Å². The molecule has 7 nitrogen and oxygen atoms in total. The van der Waals surface area contributed by atoms with Gasteiger partial charge in [0.2, 0.25) is 5.88 Å². The molecule has 2 heterocycles. The van der Waals surface area contributed by atoms with E-state index >= 15 is 0 Å². The standard InChI is InChI=1S/C20H17BrN4O3/c1-4-17-23-16(10-18(26)25(17)5-2)19(27)22-11-13-8-12-9-14(21)6-7-15(12)24-20(13)28-3/h4-10H,1-2,11H2,3H3,(H,22,27). The summed E-state index contributed by atoms with van der Waals surface area (Å²) in [5, 5.41) is 3.65. The van der Waals surface area contributed by atoms with Gasteiger partial charge >= 0.3 is 0 Å². The zero-order valence-corrected chi connectivity index (χ0v) is 16.7. The molecule has 0 aliphatic carbocycles. The molecule has 3 rings (SSSR count). The Morgan fingerprint density at radius 3 is 2.75 bits per heavy atom. The molecule has 0 aliphatic heterocycles. The van der Waals surface area contributed by atoms with Gasteiger partial charge in [0.05, 0.1) is 12.6 Å². The zero-order chi connectivity index (χ0) is 20.3. The summed E-state index contributed by atoms with van der Waals surface area (Å²) in [6, 6.07) is 8.74. The molecule has 0 atom stereocenters. The largest absolute Gasteiger partial charge is 0.481 e. The van der Waals surface area contributed by atoms with Crippen molar-refractivity contribution in [3.05, 3.63) is 75.4 Å². The van der Waals surface area contributed by atoms with E-state index < -0.39 is 11.5 Å². The molecule has 0 bridgehead atoms. The first kappa shape index (κ1) is 19.5. The molecule has 2 aromatic heterocycles. The minimum Gasteiger partial charge on any atom is -0.481 e. The third-order valence-corrected chi connectivity index (χ3v) is 4.52. The maximum atomic E-state index is 12.5. The first-order chi connectivity index (χ1) is 13.5. The summed E-state index contributed by atoms with van der Waals surface area (Å²) < 4.78 is 7.47. The number of halogens is 1. The summed E-state index contributed by atoms with van der Waals surface area (Å²) in [4.78, 5) is 33.2. The molecule has 0 unspecified atom stereocenters. The lowest BCUT2D eigenvalue weighted by Crippen LogP contribution is -2.28. The summed E-state index contributed by atoms with van der Waals surface area (Å²) >= 11 is 3.43. The number of methoxy groups -OCH3 is 1. The van der Waals surface area contributed by atoms with Crippen LogP contribution in [0.25, 0.3) is 23.2 Å². The van der Waals surface area contributed by atoms with E-state index in [1.807, 2.05) is 24.3 Å². The van der Waals surface area contributed by atoms with Crippen LogP contribution in [0.2, 0.25) is 0 Å². The molecule has 0 aliphatic rings. The van der Waals surface area contributed by atoms with Crippen LogP contribution in [-0.4, -0.2) is 27.6 Å². The van der Waals surface area contributed by atoms with E-state index in [0.717, 1.165) is 21.4 Å². The van der Waals surface area contributed by atoms with Crippen LogP contribution in [-0.2, 0) is 6.54 Å². The van der Waals surface area contributed by atoms with Gasteiger partial charge in [-0.2, -0.15) is 0 Å². The molecular formula is C20H17BrN4O3. The van der Waals surface area contributed by atoms with Crippen molar-refractivity contribution < 1.29 is 9.53 Å². The minimum atomic E-state index is -0.493. The summed E-state index contributed by atoms with van der Waals surface area (Å²) in [5.41, 5.74) is 1.05. The van der Waals surface area contributed by atoms with Gasteiger partial charge in [0, 0.05) is 34.2 Å². The first-order valence-electron chi connectivity index (χ1n) is 8.26. The number of fused-ring (bicyclic) bond motifs is 1. The average molecular weight is 441 g/mol. The quantitative estimate of drug-likeness (QED) is 0.635. The fourth-order valence-corrected chi connectivity index (χ4v) is 3.07. The first-order valence-corrected chi connectivity index (χ1v) is 9.06. The number of benzene rings is 1. The molecule has 0 saturated carbocycles. The topological polar surface area (TPSA) is 86.1 Å². The number of aromatic nitrogens is 3. The van der Waals surface area contributed by atoms with Gasteiger partial charge in [0.15, 0.2) is 0 Å². The molecule has 1 amide bonds. The van der Waals surface area contributed by atoms with E-state index in [9.17, 15) is 9.59 Å². The van der Waals surface area contributed by atoms with Crippen LogP contribution in [0.3, 0.4) is 0 Å². The second-order valence-electron chi connectivity index (χ2n) is 5.77. The third kappa shape index (κ3) is 3.86. The highest BCUT2D eigenvalue weighted by Gasteiger charge is 2.14. The molecule has 1 N–H and O–H groups in total. The number of carbonyl (C=O) groups is 1. The predicted octanol–water partition coefficient (Wildman–Crippen LogP) is 3.24. The van der Waals surface area contributed by atoms with E-state index in [1.165, 1.54) is 24.0 Å². The highest BCUT2D eigenvalue weighted by atomic mass is 79.9. The zero-order valence-electron chi connectivity index (χ0n) is 15.1. The van der Waals surface area contributed by atoms with Crippen molar-refractivity contribution in [2.45, 2.75) is 6.54 Å². The van der Waals surface area contributed by atoms with E-state index in [0.29, 0.717) is 11.4 Å². The second-order valence-corrected chi connectivity index (χ2v) is 6.69. The van der Waals surface area contributed by atoms with Gasteiger partial charge in [-0.1, -0.05) is 29.1 Å². The van der Waals surface area contributed by atoms with Crippen molar-refractivity contribution in [3.63, 3.8) is 0 Å². The van der Waals surface area contributed by atoms with Crippen LogP contribution in [0.1, 0.15) is 21.9 Å². The number of carbonyl (C=O) groups excluding carboxylic acids is 1. The Hall–Kier alpha value is -3.26. The number of rotatable bonds is 6. The predicted molar refractivity (Wildman–Crippen MR) is 112 cm³/mol. The number of amides is 1. The van der Waals surface area contributed by atoms with Crippen LogP contribution >= 0.6 is 15.9 Å². The Bertz CT molecular complexity index is 1150. The number of hydrogen-bond acceptors (Lipinski definition) is 5. The number of pyridine rings is 1. The summed E-state index contributed by atoms with van der Waals surface area (Å²) in [6.45, 7) is 7.31. The Balaban J connectivity index is 1.88. The molecule has 0 fully saturated rings. The minimum absolute atomic E-state index is 0.00606. The van der Waals surface area contributed by atoms with Gasteiger partial charge in [0.1, 0.15) is 11.5 Å². The van der Waals surface area contributed by atoms with Gasteiger partial charge in [-0.15, -0.1) is 0 Å². The fraction of sp³-hybridized carbons (Fsp3) is 0.100. The summed E-state index contributed by atoms with van der Waals surface area (Å²) in [5.74, 6) is 0.159. The van der Waals surface area contributed by atoms with E-state index in [1.54, 1.807) is 0 Å². The molecule has 0 radical (unpaired) electrons. The maximum Gasteiger partial charge on any atom is 0.270 e. The Kier molecular flexibility index (Phi) is 5.70. The fourth-order valence-electron chi connectivity index (χ4n) is 2.70. The normalized spacial score (nSPS) is 10.5. The molecule has 1 aromatic carbocycles. The van der Waals surface area contributed by atoms with Crippen LogP contribution < -0.4 is 15.6 Å². The van der Waals surface area contributed by atoms with Gasteiger partial charge in [-0.05, 0) is 30.3 Å². The lowest BCUT2D eigenvalue weighted by Gasteiger charge is -2.11. The van der Waals surface area contributed by atoms with Gasteiger partial charge in [-0.3, -0.25) is 14.2 Å². The molecule has 28 heavy (non-hydrogen) atoms. The van der Waals surface area contributed by atoms with E-state index in [4.69, 9.17) is 4.74 Å². The van der Waals surface area contributed by atoms with Crippen molar-refractivity contribution in [2.24, 2.45) is 0 Å². The summed E-state index contributed by atoms with van der Waals surface area (Å²) in [7, 11) is 1.52. The third-order valence-electron chi connectivity index (χ3n) is 4.03. The van der Waals surface area contributed by atoms with Crippen LogP contribution in [0, 0.1) is 0 Å². The van der Waals surface area contributed by atoms with Crippen molar-refractivity contribution in [1.29, 1.82) is 0 Å². The van der Waals surface area contributed by atoms with Crippen LogP contribution in [0.5, 0.6) is 5.88 Å². The molecule has 3 aromatic rings. The molecule has 8 heteroatoms. The lowest BCUT2D eigenvalue weighted by atomic mass is 10.1. The average Bonchev–Trinajstić information content (AvgIpc) is 2.70. The molecule has 0 saturated heterocycles. The number of hydrogen-bond donors (Lipinski definition) is 1. The number of nitrogens with zero attached hydrogens (tertiary/aromatic N) is 3. The second kappa shape index (κ2) is 8.18. The monoisotopic (exact) mass is 440 g/mol. The molecular weight excluding hydrogens is 424 g/mol. The van der Waals surface area contributed by atoms with Crippen molar-refractivity contribution >= 4 is 45.0 Å². The van der Waals surface area contributed by atoms with Crippen LogP contribution in [0.4, 0.5) is 0 Å². The highest BCUT2D eigenvalue weighted by molar-refractivity contribution is 9.10. The smallest absolute Gasteiger partial charge is 0.270 e. The highest BCUT2D eigenvalue weighted by Crippen LogP contribution is 2.24. The summed E-state index contributed by atoms with van der Waals surface area (Å²) in [6.07, 6.45) is 2.70. The van der Waals surface area contributed by atoms with E-state index in [-0.39, 0.29) is 18.1 Å². The maximum absolute atomic E-state index is 12.5. The van der Waals surface area contributed by atoms with Crippen molar-refractivity contribution in [1.82, 2.24) is 19.9 Å². The number of nitrogens with one attached hydrogen (secondary N) is 1. The van der Waals surface area contributed by atoms with Gasteiger partial charge in [0.25, 0.3) is 11.5 Å². The Morgan fingerprint density at radius 2 is 2.07 bits per heavy atom. The Labute approximate surface area is 169 Å². The Morgan fingerprint density at radius 1 is 1.29 bits per heavy atom. The lowest BCUT2D eigenvalue weighted by molar-refractivity contribution is 0.0945.